The number of nitrogens with zero attached hydrogens (tertiary/aromatic N) is 1. The fraction of sp³-hybridized carbons (Fsp3) is 0.538. The molecule has 0 bridgehead atoms. The monoisotopic (exact) mass is 330 g/mol. The standard InChI is InChI=1S/C13H16BrClN2O/c14-13-11(7-10(15)8-16-13)17-12(18)6-9-4-2-1-3-5-9/h7-9H,1-6H2,(H,17,18). The van der Waals surface area contributed by atoms with Crippen LogP contribution in [0.3, 0.4) is 0 Å². The zero-order valence-corrected chi connectivity index (χ0v) is 12.4. The smallest absolute Gasteiger partial charge is 0.224 e. The maximum atomic E-state index is 11.9. The lowest BCUT2D eigenvalue weighted by atomic mass is 9.87. The van der Waals surface area contributed by atoms with Crippen LogP contribution in [-0.2, 0) is 4.79 Å². The average molecular weight is 332 g/mol. The number of aromatic nitrogens is 1. The molecule has 5 heteroatoms. The van der Waals surface area contributed by atoms with E-state index in [1.165, 1.54) is 32.1 Å². The summed E-state index contributed by atoms with van der Waals surface area (Å²) >= 11 is 9.16. The summed E-state index contributed by atoms with van der Waals surface area (Å²) in [7, 11) is 0. The summed E-state index contributed by atoms with van der Waals surface area (Å²) in [4.78, 5) is 16.0. The molecular weight excluding hydrogens is 316 g/mol. The Bertz CT molecular complexity index is 433. The summed E-state index contributed by atoms with van der Waals surface area (Å²) in [6.45, 7) is 0. The van der Waals surface area contributed by atoms with E-state index in [0.717, 1.165) is 0 Å². The molecule has 1 aliphatic rings. The van der Waals surface area contributed by atoms with Crippen molar-refractivity contribution in [1.82, 2.24) is 4.98 Å². The Kier molecular flexibility index (Phi) is 5.01. The lowest BCUT2D eigenvalue weighted by molar-refractivity contribution is -0.117. The van der Waals surface area contributed by atoms with E-state index in [4.69, 9.17) is 11.6 Å². The van der Waals surface area contributed by atoms with Crippen LogP contribution in [0.1, 0.15) is 38.5 Å². The molecule has 0 aromatic carbocycles. The van der Waals surface area contributed by atoms with Crippen LogP contribution in [-0.4, -0.2) is 10.9 Å². The Labute approximate surface area is 120 Å². The number of halogens is 2. The highest BCUT2D eigenvalue weighted by atomic mass is 79.9. The molecule has 1 fully saturated rings. The van der Waals surface area contributed by atoms with E-state index in [-0.39, 0.29) is 5.91 Å². The maximum Gasteiger partial charge on any atom is 0.224 e. The predicted octanol–water partition coefficient (Wildman–Crippen LogP) is 4.41. The lowest BCUT2D eigenvalue weighted by Crippen LogP contribution is -2.18. The molecule has 1 aliphatic carbocycles. The predicted molar refractivity (Wildman–Crippen MR) is 76.8 cm³/mol. The van der Waals surface area contributed by atoms with Gasteiger partial charge in [-0.15, -0.1) is 0 Å². The van der Waals surface area contributed by atoms with Gasteiger partial charge >= 0.3 is 0 Å². The molecule has 0 aliphatic heterocycles. The first-order valence-electron chi connectivity index (χ1n) is 6.26. The Morgan fingerprint density at radius 2 is 2.17 bits per heavy atom. The van der Waals surface area contributed by atoms with Crippen LogP contribution in [0.15, 0.2) is 16.9 Å². The number of pyridine rings is 1. The van der Waals surface area contributed by atoms with E-state index in [1.54, 1.807) is 12.3 Å². The van der Waals surface area contributed by atoms with Crippen molar-refractivity contribution < 1.29 is 4.79 Å². The van der Waals surface area contributed by atoms with Crippen molar-refractivity contribution in [2.45, 2.75) is 38.5 Å². The van der Waals surface area contributed by atoms with Gasteiger partial charge in [0.2, 0.25) is 5.91 Å². The number of carbonyl (C=O) groups is 1. The van der Waals surface area contributed by atoms with Crippen molar-refractivity contribution in [1.29, 1.82) is 0 Å². The molecule has 0 radical (unpaired) electrons. The van der Waals surface area contributed by atoms with Gasteiger partial charge < -0.3 is 5.32 Å². The lowest BCUT2D eigenvalue weighted by Gasteiger charge is -2.20. The van der Waals surface area contributed by atoms with Crippen LogP contribution >= 0.6 is 27.5 Å². The second kappa shape index (κ2) is 6.53. The van der Waals surface area contributed by atoms with Crippen molar-refractivity contribution in [3.05, 3.63) is 21.9 Å². The largest absolute Gasteiger partial charge is 0.324 e. The van der Waals surface area contributed by atoms with Gasteiger partial charge in [-0.2, -0.15) is 0 Å². The van der Waals surface area contributed by atoms with Gasteiger partial charge in [0, 0.05) is 12.6 Å². The minimum atomic E-state index is 0.0478. The number of hydrogen-bond donors (Lipinski definition) is 1. The van der Waals surface area contributed by atoms with E-state index in [9.17, 15) is 4.79 Å². The normalized spacial score (nSPS) is 16.6. The highest BCUT2D eigenvalue weighted by Gasteiger charge is 2.17. The molecule has 1 heterocycles. The summed E-state index contributed by atoms with van der Waals surface area (Å²) < 4.78 is 0.615. The van der Waals surface area contributed by atoms with Crippen molar-refractivity contribution in [2.24, 2.45) is 5.92 Å². The fourth-order valence-electron chi connectivity index (χ4n) is 2.36. The zero-order valence-electron chi connectivity index (χ0n) is 10.1. The van der Waals surface area contributed by atoms with Gasteiger partial charge in [-0.1, -0.05) is 30.9 Å². The topological polar surface area (TPSA) is 42.0 Å². The number of anilines is 1. The molecule has 0 saturated heterocycles. The van der Waals surface area contributed by atoms with Gasteiger partial charge in [0.25, 0.3) is 0 Å². The molecule has 2 rings (SSSR count). The van der Waals surface area contributed by atoms with Crippen LogP contribution in [0.4, 0.5) is 5.69 Å². The van der Waals surface area contributed by atoms with Gasteiger partial charge in [0.05, 0.1) is 10.7 Å². The molecule has 18 heavy (non-hydrogen) atoms. The van der Waals surface area contributed by atoms with Gasteiger partial charge in [0.1, 0.15) is 4.60 Å². The summed E-state index contributed by atoms with van der Waals surface area (Å²) in [5.41, 5.74) is 0.642. The maximum absolute atomic E-state index is 11.9. The summed E-state index contributed by atoms with van der Waals surface area (Å²) in [5.74, 6) is 0.580. The molecule has 1 amide bonds. The molecule has 1 aromatic rings. The molecule has 1 N–H and O–H groups in total. The van der Waals surface area contributed by atoms with Crippen molar-refractivity contribution in [2.75, 3.05) is 5.32 Å². The number of hydrogen-bond acceptors (Lipinski definition) is 2. The first kappa shape index (κ1) is 13.8. The molecule has 0 unspecified atom stereocenters. The first-order valence-corrected chi connectivity index (χ1v) is 7.43. The second-order valence-corrected chi connectivity index (χ2v) is 5.94. The van der Waals surface area contributed by atoms with Crippen LogP contribution in [0.5, 0.6) is 0 Å². The van der Waals surface area contributed by atoms with Gasteiger partial charge in [0.15, 0.2) is 0 Å². The number of nitrogens with one attached hydrogen (secondary N) is 1. The van der Waals surface area contributed by atoms with Crippen LogP contribution in [0, 0.1) is 5.92 Å². The highest BCUT2D eigenvalue weighted by Crippen LogP contribution is 2.28. The van der Waals surface area contributed by atoms with Gasteiger partial charge in [-0.3, -0.25) is 4.79 Å². The number of rotatable bonds is 3. The Morgan fingerprint density at radius 3 is 2.89 bits per heavy atom. The molecule has 1 aromatic heterocycles. The third kappa shape index (κ3) is 3.95. The SMILES string of the molecule is O=C(CC1CCCCC1)Nc1cc(Cl)cnc1Br. The molecule has 0 atom stereocenters. The molecule has 3 nitrogen and oxygen atoms in total. The molecule has 1 saturated carbocycles. The quantitative estimate of drug-likeness (QED) is 0.834. The minimum absolute atomic E-state index is 0.0478. The van der Waals surface area contributed by atoms with Crippen molar-refractivity contribution >= 4 is 39.1 Å². The van der Waals surface area contributed by atoms with E-state index >= 15 is 0 Å². The summed E-state index contributed by atoms with van der Waals surface area (Å²) in [6.07, 6.45) is 8.29. The number of carbonyl (C=O) groups excluding carboxylic acids is 1. The zero-order chi connectivity index (χ0) is 13.0. The average Bonchev–Trinajstić information content (AvgIpc) is 2.35. The summed E-state index contributed by atoms with van der Waals surface area (Å²) in [5, 5.41) is 3.39. The molecule has 0 spiro atoms. The van der Waals surface area contributed by atoms with E-state index < -0.39 is 0 Å². The first-order chi connectivity index (χ1) is 8.65. The van der Waals surface area contributed by atoms with Crippen LogP contribution in [0.2, 0.25) is 5.02 Å². The van der Waals surface area contributed by atoms with Gasteiger partial charge in [-0.05, 0) is 40.8 Å². The molecule has 98 valence electrons. The summed E-state index contributed by atoms with van der Waals surface area (Å²) in [6, 6.07) is 1.71. The Balaban J connectivity index is 1.92. The molecular formula is C13H16BrClN2O. The van der Waals surface area contributed by atoms with Gasteiger partial charge in [-0.25, -0.2) is 4.98 Å². The highest BCUT2D eigenvalue weighted by molar-refractivity contribution is 9.10. The van der Waals surface area contributed by atoms with E-state index in [0.29, 0.717) is 27.7 Å². The van der Waals surface area contributed by atoms with E-state index in [2.05, 4.69) is 26.2 Å². The number of amides is 1. The van der Waals surface area contributed by atoms with E-state index in [1.807, 2.05) is 0 Å². The third-order valence-electron chi connectivity index (χ3n) is 3.28. The second-order valence-electron chi connectivity index (χ2n) is 4.75. The van der Waals surface area contributed by atoms with Crippen LogP contribution in [0.25, 0.3) is 0 Å². The van der Waals surface area contributed by atoms with Crippen molar-refractivity contribution in [3.63, 3.8) is 0 Å². The van der Waals surface area contributed by atoms with Crippen LogP contribution < -0.4 is 5.32 Å². The Hall–Kier alpha value is -0.610. The minimum Gasteiger partial charge on any atom is -0.324 e. The Morgan fingerprint density at radius 1 is 1.44 bits per heavy atom. The third-order valence-corrected chi connectivity index (χ3v) is 4.12. The fourth-order valence-corrected chi connectivity index (χ4v) is 2.84. The van der Waals surface area contributed by atoms with Crippen molar-refractivity contribution in [3.8, 4) is 0 Å².